The van der Waals surface area contributed by atoms with E-state index in [1.54, 1.807) is 50.0 Å². The van der Waals surface area contributed by atoms with Crippen LogP contribution in [0.2, 0.25) is 0 Å². The Hall–Kier alpha value is -2.45. The van der Waals surface area contributed by atoms with E-state index in [4.69, 9.17) is 0 Å². The largest absolute Gasteiger partial charge is 0.344 e. The first-order chi connectivity index (χ1) is 12.6. The molecule has 7 nitrogen and oxygen atoms in total. The molecule has 3 aromatic heterocycles. The van der Waals surface area contributed by atoms with Crippen LogP contribution in [-0.2, 0) is 6.54 Å². The summed E-state index contributed by atoms with van der Waals surface area (Å²) in [7, 11) is 3.57. The van der Waals surface area contributed by atoms with Gasteiger partial charge in [-0.15, -0.1) is 11.3 Å². The predicted octanol–water partition coefficient (Wildman–Crippen LogP) is 2.17. The number of likely N-dealkylation sites (tertiary alicyclic amines) is 1. The highest BCUT2D eigenvalue weighted by atomic mass is 32.1. The van der Waals surface area contributed by atoms with Crippen molar-refractivity contribution in [3.63, 3.8) is 0 Å². The van der Waals surface area contributed by atoms with Gasteiger partial charge >= 0.3 is 0 Å². The van der Waals surface area contributed by atoms with Crippen LogP contribution in [0, 0.1) is 0 Å². The standard InChI is InChI=1S/C18H20N6OS/c1-23(2)18(25)16-14(15-17(26-16)22-7-6-21-15)12-3-8-24(10-12)11-13-9-19-4-5-20-13/h4-7,9,12H,3,8,10-11H2,1-2H3/t12-/m0/s1. The molecule has 1 saturated heterocycles. The molecule has 0 N–H and O–H groups in total. The van der Waals surface area contributed by atoms with Crippen molar-refractivity contribution in [2.45, 2.75) is 18.9 Å². The lowest BCUT2D eigenvalue weighted by molar-refractivity contribution is 0.0831. The van der Waals surface area contributed by atoms with Crippen LogP contribution >= 0.6 is 11.3 Å². The summed E-state index contributed by atoms with van der Waals surface area (Å²) in [6, 6.07) is 0. The summed E-state index contributed by atoms with van der Waals surface area (Å²) >= 11 is 1.45. The number of amides is 1. The maximum absolute atomic E-state index is 12.7. The van der Waals surface area contributed by atoms with E-state index >= 15 is 0 Å². The number of rotatable bonds is 4. The molecular weight excluding hydrogens is 348 g/mol. The third-order valence-electron chi connectivity index (χ3n) is 4.65. The van der Waals surface area contributed by atoms with Gasteiger partial charge in [0.25, 0.3) is 5.91 Å². The van der Waals surface area contributed by atoms with E-state index in [1.165, 1.54) is 11.3 Å². The van der Waals surface area contributed by atoms with Crippen molar-refractivity contribution in [3.05, 3.63) is 47.1 Å². The molecule has 134 valence electrons. The van der Waals surface area contributed by atoms with Crippen molar-refractivity contribution in [2.24, 2.45) is 0 Å². The second-order valence-corrected chi connectivity index (χ2v) is 7.67. The number of thiophene rings is 1. The first-order valence-corrected chi connectivity index (χ1v) is 9.37. The van der Waals surface area contributed by atoms with Crippen LogP contribution in [0.5, 0.6) is 0 Å². The molecule has 3 aromatic rings. The molecule has 4 rings (SSSR count). The molecule has 4 heterocycles. The number of fused-ring (bicyclic) bond motifs is 1. The van der Waals surface area contributed by atoms with Gasteiger partial charge in [0.2, 0.25) is 0 Å². The Kier molecular flexibility index (Phi) is 4.60. The third kappa shape index (κ3) is 3.17. The lowest BCUT2D eigenvalue weighted by Crippen LogP contribution is -2.23. The van der Waals surface area contributed by atoms with Gasteiger partial charge in [-0.1, -0.05) is 0 Å². The van der Waals surface area contributed by atoms with Crippen molar-refractivity contribution in [3.8, 4) is 0 Å². The fourth-order valence-corrected chi connectivity index (χ4v) is 4.65. The van der Waals surface area contributed by atoms with Crippen molar-refractivity contribution >= 4 is 27.6 Å². The van der Waals surface area contributed by atoms with Gasteiger partial charge in [0.05, 0.1) is 10.6 Å². The molecule has 1 aliphatic rings. The lowest BCUT2D eigenvalue weighted by atomic mass is 9.97. The van der Waals surface area contributed by atoms with Gasteiger partial charge < -0.3 is 4.90 Å². The molecule has 0 aliphatic carbocycles. The highest BCUT2D eigenvalue weighted by molar-refractivity contribution is 7.20. The fourth-order valence-electron chi connectivity index (χ4n) is 3.44. The van der Waals surface area contributed by atoms with Crippen LogP contribution in [0.15, 0.2) is 31.0 Å². The second-order valence-electron chi connectivity index (χ2n) is 6.67. The Morgan fingerprint density at radius 3 is 2.81 bits per heavy atom. The van der Waals surface area contributed by atoms with Crippen LogP contribution in [-0.4, -0.2) is 62.8 Å². The Bertz CT molecular complexity index is 926. The summed E-state index contributed by atoms with van der Waals surface area (Å²) in [4.78, 5) is 35.7. The first kappa shape index (κ1) is 17.0. The third-order valence-corrected chi connectivity index (χ3v) is 5.74. The van der Waals surface area contributed by atoms with Crippen LogP contribution in [0.1, 0.15) is 33.3 Å². The zero-order valence-electron chi connectivity index (χ0n) is 14.8. The van der Waals surface area contributed by atoms with E-state index in [0.717, 1.165) is 52.5 Å². The Morgan fingerprint density at radius 1 is 1.23 bits per heavy atom. The number of hydrogen-bond donors (Lipinski definition) is 0. The van der Waals surface area contributed by atoms with Crippen LogP contribution < -0.4 is 0 Å². The molecule has 0 radical (unpaired) electrons. The molecule has 26 heavy (non-hydrogen) atoms. The van der Waals surface area contributed by atoms with Crippen molar-refractivity contribution in [1.29, 1.82) is 0 Å². The van der Waals surface area contributed by atoms with Gasteiger partial charge in [-0.2, -0.15) is 0 Å². The van der Waals surface area contributed by atoms with E-state index in [1.807, 2.05) is 0 Å². The quantitative estimate of drug-likeness (QED) is 0.703. The minimum atomic E-state index is 0.0252. The summed E-state index contributed by atoms with van der Waals surface area (Å²) in [5.74, 6) is 0.299. The van der Waals surface area contributed by atoms with Gasteiger partial charge in [-0.05, 0) is 13.0 Å². The van der Waals surface area contributed by atoms with Gasteiger partial charge in [-0.3, -0.25) is 24.6 Å². The molecule has 0 bridgehead atoms. The molecule has 0 unspecified atom stereocenters. The smallest absolute Gasteiger partial charge is 0.263 e. The van der Waals surface area contributed by atoms with Crippen molar-refractivity contribution in [1.82, 2.24) is 29.7 Å². The Labute approximate surface area is 155 Å². The van der Waals surface area contributed by atoms with E-state index in [0.29, 0.717) is 0 Å². The van der Waals surface area contributed by atoms with Gasteiger partial charge in [0, 0.05) is 69.7 Å². The summed E-state index contributed by atoms with van der Waals surface area (Å²) in [5, 5.41) is 0. The highest BCUT2D eigenvalue weighted by Crippen LogP contribution is 2.39. The average Bonchev–Trinajstić information content (AvgIpc) is 3.25. The summed E-state index contributed by atoms with van der Waals surface area (Å²) in [6.45, 7) is 2.62. The normalized spacial score (nSPS) is 17.7. The Balaban J connectivity index is 1.64. The summed E-state index contributed by atoms with van der Waals surface area (Å²) < 4.78 is 0. The first-order valence-electron chi connectivity index (χ1n) is 8.55. The van der Waals surface area contributed by atoms with Crippen molar-refractivity contribution in [2.75, 3.05) is 27.2 Å². The zero-order chi connectivity index (χ0) is 18.1. The molecule has 1 fully saturated rings. The van der Waals surface area contributed by atoms with Crippen LogP contribution in [0.25, 0.3) is 10.3 Å². The number of carbonyl (C=O) groups is 1. The summed E-state index contributed by atoms with van der Waals surface area (Å²) in [6.07, 6.45) is 9.59. The van der Waals surface area contributed by atoms with Crippen LogP contribution in [0.4, 0.5) is 0 Å². The zero-order valence-corrected chi connectivity index (χ0v) is 15.6. The second kappa shape index (κ2) is 7.05. The predicted molar refractivity (Wildman–Crippen MR) is 100 cm³/mol. The maximum Gasteiger partial charge on any atom is 0.263 e. The minimum absolute atomic E-state index is 0.0252. The number of carbonyl (C=O) groups excluding carboxylic acids is 1. The molecule has 0 saturated carbocycles. The van der Waals surface area contributed by atoms with Gasteiger partial charge in [0.15, 0.2) is 0 Å². The SMILES string of the molecule is CN(C)C(=O)c1sc2nccnc2c1[C@H]1CCN(Cc2cnccn2)C1. The highest BCUT2D eigenvalue weighted by Gasteiger charge is 2.32. The van der Waals surface area contributed by atoms with E-state index < -0.39 is 0 Å². The number of hydrogen-bond acceptors (Lipinski definition) is 7. The molecule has 8 heteroatoms. The number of nitrogens with zero attached hydrogens (tertiary/aromatic N) is 6. The van der Waals surface area contributed by atoms with E-state index in [9.17, 15) is 4.79 Å². The topological polar surface area (TPSA) is 75.1 Å². The fraction of sp³-hybridized carbons (Fsp3) is 0.389. The molecule has 1 amide bonds. The molecule has 1 aliphatic heterocycles. The average molecular weight is 368 g/mol. The maximum atomic E-state index is 12.7. The minimum Gasteiger partial charge on any atom is -0.344 e. The van der Waals surface area contributed by atoms with Gasteiger partial charge in [-0.25, -0.2) is 4.98 Å². The molecule has 0 spiro atoms. The summed E-state index contributed by atoms with van der Waals surface area (Å²) in [5.41, 5.74) is 2.89. The molecular formula is C18H20N6OS. The molecule has 0 aromatic carbocycles. The van der Waals surface area contributed by atoms with Gasteiger partial charge in [0.1, 0.15) is 10.3 Å². The Morgan fingerprint density at radius 2 is 2.04 bits per heavy atom. The lowest BCUT2D eigenvalue weighted by Gasteiger charge is -2.16. The molecule has 1 atom stereocenters. The van der Waals surface area contributed by atoms with Crippen molar-refractivity contribution < 1.29 is 4.79 Å². The van der Waals surface area contributed by atoms with E-state index in [2.05, 4.69) is 24.8 Å². The van der Waals surface area contributed by atoms with E-state index in [-0.39, 0.29) is 11.8 Å². The van der Waals surface area contributed by atoms with Crippen LogP contribution in [0.3, 0.4) is 0 Å². The monoisotopic (exact) mass is 368 g/mol. The number of aromatic nitrogens is 4.